The SMILES string of the molecule is CC(C#N)COC1CCC1. The molecule has 2 heteroatoms. The Morgan fingerprint density at radius 1 is 1.70 bits per heavy atom. The van der Waals surface area contributed by atoms with E-state index in [0.29, 0.717) is 12.7 Å². The summed E-state index contributed by atoms with van der Waals surface area (Å²) in [5, 5.41) is 8.41. The number of ether oxygens (including phenoxy) is 1. The molecule has 1 fully saturated rings. The molecule has 0 saturated heterocycles. The van der Waals surface area contributed by atoms with Crippen LogP contribution in [0.1, 0.15) is 26.2 Å². The van der Waals surface area contributed by atoms with Gasteiger partial charge in [0.2, 0.25) is 0 Å². The summed E-state index contributed by atoms with van der Waals surface area (Å²) in [4.78, 5) is 0. The molecule has 0 aliphatic heterocycles. The minimum absolute atomic E-state index is 0.0561. The molecule has 0 spiro atoms. The Labute approximate surface area is 61.8 Å². The normalized spacial score (nSPS) is 21.2. The van der Waals surface area contributed by atoms with E-state index in [9.17, 15) is 0 Å². The summed E-state index contributed by atoms with van der Waals surface area (Å²) in [6.07, 6.45) is 4.15. The molecule has 0 aromatic heterocycles. The van der Waals surface area contributed by atoms with E-state index in [1.165, 1.54) is 19.3 Å². The highest BCUT2D eigenvalue weighted by Crippen LogP contribution is 2.22. The molecule has 1 saturated carbocycles. The average molecular weight is 139 g/mol. The largest absolute Gasteiger partial charge is 0.377 e. The third-order valence-electron chi connectivity index (χ3n) is 1.85. The van der Waals surface area contributed by atoms with Gasteiger partial charge in [-0.15, -0.1) is 0 Å². The number of nitriles is 1. The van der Waals surface area contributed by atoms with Crippen LogP contribution in [-0.4, -0.2) is 12.7 Å². The molecule has 10 heavy (non-hydrogen) atoms. The van der Waals surface area contributed by atoms with Gasteiger partial charge >= 0.3 is 0 Å². The predicted octanol–water partition coefficient (Wildman–Crippen LogP) is 1.72. The van der Waals surface area contributed by atoms with Crippen molar-refractivity contribution >= 4 is 0 Å². The van der Waals surface area contributed by atoms with Crippen LogP contribution >= 0.6 is 0 Å². The summed E-state index contributed by atoms with van der Waals surface area (Å²) in [5.74, 6) is 0.0561. The molecule has 0 aromatic carbocycles. The van der Waals surface area contributed by atoms with Crippen molar-refractivity contribution < 1.29 is 4.74 Å². The van der Waals surface area contributed by atoms with Crippen molar-refractivity contribution in [2.45, 2.75) is 32.3 Å². The number of nitrogens with zero attached hydrogens (tertiary/aromatic N) is 1. The first-order valence-corrected chi connectivity index (χ1v) is 3.84. The van der Waals surface area contributed by atoms with Crippen LogP contribution in [-0.2, 0) is 4.74 Å². The highest BCUT2D eigenvalue weighted by Gasteiger charge is 2.18. The Kier molecular flexibility index (Phi) is 2.70. The van der Waals surface area contributed by atoms with Crippen LogP contribution in [0.25, 0.3) is 0 Å². The van der Waals surface area contributed by atoms with Crippen molar-refractivity contribution in [2.75, 3.05) is 6.61 Å². The molecule has 0 bridgehead atoms. The molecule has 0 N–H and O–H groups in total. The molecule has 56 valence electrons. The fraction of sp³-hybridized carbons (Fsp3) is 0.875. The van der Waals surface area contributed by atoms with E-state index in [-0.39, 0.29) is 5.92 Å². The van der Waals surface area contributed by atoms with Gasteiger partial charge in [-0.3, -0.25) is 0 Å². The third kappa shape index (κ3) is 2.00. The molecule has 0 radical (unpaired) electrons. The van der Waals surface area contributed by atoms with Gasteiger partial charge in [0.05, 0.1) is 24.7 Å². The van der Waals surface area contributed by atoms with Crippen molar-refractivity contribution in [1.82, 2.24) is 0 Å². The molecule has 2 nitrogen and oxygen atoms in total. The summed E-state index contributed by atoms with van der Waals surface area (Å²) in [6, 6.07) is 2.14. The van der Waals surface area contributed by atoms with Crippen molar-refractivity contribution in [1.29, 1.82) is 5.26 Å². The summed E-state index contributed by atoms with van der Waals surface area (Å²) < 4.78 is 5.41. The lowest BCUT2D eigenvalue weighted by atomic mass is 9.96. The second-order valence-electron chi connectivity index (χ2n) is 2.92. The van der Waals surface area contributed by atoms with Gasteiger partial charge in [-0.05, 0) is 26.2 Å². The van der Waals surface area contributed by atoms with Gasteiger partial charge in [0.25, 0.3) is 0 Å². The van der Waals surface area contributed by atoms with Gasteiger partial charge in [-0.25, -0.2) is 0 Å². The minimum atomic E-state index is 0.0561. The lowest BCUT2D eigenvalue weighted by Crippen LogP contribution is -2.23. The molecule has 1 unspecified atom stereocenters. The molecule has 1 atom stereocenters. The Morgan fingerprint density at radius 2 is 2.40 bits per heavy atom. The number of hydrogen-bond acceptors (Lipinski definition) is 2. The fourth-order valence-electron chi connectivity index (χ4n) is 0.855. The zero-order chi connectivity index (χ0) is 7.40. The first-order valence-electron chi connectivity index (χ1n) is 3.84. The first kappa shape index (κ1) is 7.56. The van der Waals surface area contributed by atoms with E-state index in [0.717, 1.165) is 0 Å². The van der Waals surface area contributed by atoms with Crippen molar-refractivity contribution in [3.8, 4) is 6.07 Å². The third-order valence-corrected chi connectivity index (χ3v) is 1.85. The van der Waals surface area contributed by atoms with Crippen LogP contribution in [0.15, 0.2) is 0 Å². The second-order valence-corrected chi connectivity index (χ2v) is 2.92. The summed E-state index contributed by atoms with van der Waals surface area (Å²) in [6.45, 7) is 2.50. The van der Waals surface area contributed by atoms with Crippen molar-refractivity contribution in [3.05, 3.63) is 0 Å². The summed E-state index contributed by atoms with van der Waals surface area (Å²) in [5.41, 5.74) is 0. The Bertz CT molecular complexity index is 135. The molecular weight excluding hydrogens is 126 g/mol. The van der Waals surface area contributed by atoms with Crippen LogP contribution in [0.2, 0.25) is 0 Å². The van der Waals surface area contributed by atoms with Gasteiger partial charge in [0, 0.05) is 0 Å². The van der Waals surface area contributed by atoms with Gasteiger partial charge in [-0.1, -0.05) is 0 Å². The van der Waals surface area contributed by atoms with E-state index in [2.05, 4.69) is 6.07 Å². The molecule has 0 amide bonds. The number of rotatable bonds is 3. The maximum Gasteiger partial charge on any atom is 0.0677 e. The van der Waals surface area contributed by atoms with Gasteiger partial charge < -0.3 is 4.74 Å². The Morgan fingerprint density at radius 3 is 2.80 bits per heavy atom. The zero-order valence-electron chi connectivity index (χ0n) is 6.34. The molecule has 0 heterocycles. The molecule has 1 rings (SSSR count). The van der Waals surface area contributed by atoms with Gasteiger partial charge in [-0.2, -0.15) is 5.26 Å². The highest BCUT2D eigenvalue weighted by atomic mass is 16.5. The Balaban J connectivity index is 1.99. The molecule has 1 aliphatic rings. The molecule has 1 aliphatic carbocycles. The van der Waals surface area contributed by atoms with Gasteiger partial charge in [0.1, 0.15) is 0 Å². The second kappa shape index (κ2) is 3.58. The fourth-order valence-corrected chi connectivity index (χ4v) is 0.855. The highest BCUT2D eigenvalue weighted by molar-refractivity contribution is 4.79. The van der Waals surface area contributed by atoms with E-state index >= 15 is 0 Å². The predicted molar refractivity (Wildman–Crippen MR) is 38.4 cm³/mol. The van der Waals surface area contributed by atoms with E-state index in [1.54, 1.807) is 0 Å². The van der Waals surface area contributed by atoms with Crippen LogP contribution in [0, 0.1) is 17.2 Å². The number of hydrogen-bond donors (Lipinski definition) is 0. The lowest BCUT2D eigenvalue weighted by Gasteiger charge is -2.25. The average Bonchev–Trinajstić information content (AvgIpc) is 1.84. The Hall–Kier alpha value is -0.550. The van der Waals surface area contributed by atoms with Crippen LogP contribution in [0.3, 0.4) is 0 Å². The smallest absolute Gasteiger partial charge is 0.0677 e. The molecule has 0 aromatic rings. The monoisotopic (exact) mass is 139 g/mol. The van der Waals surface area contributed by atoms with Crippen molar-refractivity contribution in [3.63, 3.8) is 0 Å². The maximum absolute atomic E-state index is 8.41. The standard InChI is InChI=1S/C8H13NO/c1-7(5-9)6-10-8-3-2-4-8/h7-8H,2-4,6H2,1H3. The van der Waals surface area contributed by atoms with Crippen LogP contribution in [0.4, 0.5) is 0 Å². The van der Waals surface area contributed by atoms with Crippen LogP contribution in [0.5, 0.6) is 0 Å². The zero-order valence-corrected chi connectivity index (χ0v) is 6.34. The quantitative estimate of drug-likeness (QED) is 0.596. The summed E-state index contributed by atoms with van der Waals surface area (Å²) in [7, 11) is 0. The van der Waals surface area contributed by atoms with Gasteiger partial charge in [0.15, 0.2) is 0 Å². The minimum Gasteiger partial charge on any atom is -0.377 e. The lowest BCUT2D eigenvalue weighted by molar-refractivity contribution is -0.00609. The van der Waals surface area contributed by atoms with E-state index in [4.69, 9.17) is 10.00 Å². The summed E-state index contributed by atoms with van der Waals surface area (Å²) >= 11 is 0. The maximum atomic E-state index is 8.41. The van der Waals surface area contributed by atoms with E-state index in [1.807, 2.05) is 6.92 Å². The first-order chi connectivity index (χ1) is 4.83. The van der Waals surface area contributed by atoms with Crippen LogP contribution < -0.4 is 0 Å². The topological polar surface area (TPSA) is 33.0 Å². The van der Waals surface area contributed by atoms with E-state index < -0.39 is 0 Å². The molecular formula is C8H13NO. The van der Waals surface area contributed by atoms with Crippen molar-refractivity contribution in [2.24, 2.45) is 5.92 Å².